The van der Waals surface area contributed by atoms with Crippen LogP contribution in [0.25, 0.3) is 0 Å². The van der Waals surface area contributed by atoms with Gasteiger partial charge in [-0.3, -0.25) is 9.78 Å². The first kappa shape index (κ1) is 12.1. The molecule has 1 saturated carbocycles. The molecule has 0 spiro atoms. The predicted molar refractivity (Wildman–Crippen MR) is 74.1 cm³/mol. The third-order valence-corrected chi connectivity index (χ3v) is 3.95. The van der Waals surface area contributed by atoms with E-state index < -0.39 is 0 Å². The molecule has 96 valence electrons. The monoisotopic (exact) mass is 252 g/mol. The summed E-state index contributed by atoms with van der Waals surface area (Å²) in [4.78, 5) is 16.2. The molecule has 1 fully saturated rings. The lowest BCUT2D eigenvalue weighted by Crippen LogP contribution is -2.19. The first-order valence-electron chi connectivity index (χ1n) is 6.50. The molecule has 0 aliphatic heterocycles. The molecular formula is C16H16N2O. The second kappa shape index (κ2) is 4.59. The second-order valence-corrected chi connectivity index (χ2v) is 5.13. The van der Waals surface area contributed by atoms with Crippen molar-refractivity contribution in [2.75, 3.05) is 6.54 Å². The molecule has 19 heavy (non-hydrogen) atoms. The Morgan fingerprint density at radius 2 is 1.63 bits per heavy atom. The van der Waals surface area contributed by atoms with Gasteiger partial charge < -0.3 is 5.73 Å². The van der Waals surface area contributed by atoms with Crippen LogP contribution in [-0.2, 0) is 5.41 Å². The summed E-state index contributed by atoms with van der Waals surface area (Å²) in [6, 6.07) is 11.3. The standard InChI is InChI=1S/C16H16N2O/c17-11-16(7-8-16)14-3-1-12(2-4-14)15(19)13-5-9-18-10-6-13/h1-6,9-10H,7-8,11,17H2. The fraction of sp³-hybridized carbons (Fsp3) is 0.250. The first-order chi connectivity index (χ1) is 9.25. The minimum atomic E-state index is 0.0338. The molecular weight excluding hydrogens is 236 g/mol. The normalized spacial score (nSPS) is 16.1. The van der Waals surface area contributed by atoms with Crippen molar-refractivity contribution in [3.8, 4) is 0 Å². The Morgan fingerprint density at radius 1 is 1.05 bits per heavy atom. The number of pyridine rings is 1. The van der Waals surface area contributed by atoms with Gasteiger partial charge in [-0.15, -0.1) is 0 Å². The van der Waals surface area contributed by atoms with Crippen molar-refractivity contribution in [1.29, 1.82) is 0 Å². The predicted octanol–water partition coefficient (Wildman–Crippen LogP) is 2.30. The molecule has 0 radical (unpaired) electrons. The van der Waals surface area contributed by atoms with Crippen molar-refractivity contribution in [1.82, 2.24) is 4.98 Å². The van der Waals surface area contributed by atoms with Gasteiger partial charge in [0.15, 0.2) is 5.78 Å². The minimum Gasteiger partial charge on any atom is -0.330 e. The van der Waals surface area contributed by atoms with E-state index in [4.69, 9.17) is 5.73 Å². The van der Waals surface area contributed by atoms with Crippen LogP contribution in [0.15, 0.2) is 48.8 Å². The highest BCUT2D eigenvalue weighted by molar-refractivity contribution is 6.08. The summed E-state index contributed by atoms with van der Waals surface area (Å²) in [7, 11) is 0. The number of nitrogens with zero attached hydrogens (tertiary/aromatic N) is 1. The number of aromatic nitrogens is 1. The van der Waals surface area contributed by atoms with E-state index in [0.29, 0.717) is 17.7 Å². The molecule has 2 N–H and O–H groups in total. The van der Waals surface area contributed by atoms with E-state index in [0.717, 1.165) is 12.8 Å². The summed E-state index contributed by atoms with van der Waals surface area (Å²) >= 11 is 0. The number of ketones is 1. The van der Waals surface area contributed by atoms with E-state index in [2.05, 4.69) is 4.98 Å². The summed E-state index contributed by atoms with van der Waals surface area (Å²) in [6.07, 6.45) is 5.58. The average Bonchev–Trinajstić information content (AvgIpc) is 3.29. The molecule has 3 nitrogen and oxygen atoms in total. The van der Waals surface area contributed by atoms with E-state index in [1.165, 1.54) is 5.56 Å². The molecule has 2 aromatic rings. The van der Waals surface area contributed by atoms with Crippen LogP contribution in [0, 0.1) is 0 Å². The van der Waals surface area contributed by atoms with Gasteiger partial charge in [0.05, 0.1) is 0 Å². The highest BCUT2D eigenvalue weighted by atomic mass is 16.1. The van der Waals surface area contributed by atoms with Crippen molar-refractivity contribution in [3.63, 3.8) is 0 Å². The van der Waals surface area contributed by atoms with Crippen LogP contribution < -0.4 is 5.73 Å². The Bertz CT molecular complexity index is 586. The zero-order valence-corrected chi connectivity index (χ0v) is 10.7. The number of carbonyl (C=O) groups is 1. The maximum Gasteiger partial charge on any atom is 0.193 e. The van der Waals surface area contributed by atoms with Crippen LogP contribution in [0.4, 0.5) is 0 Å². The van der Waals surface area contributed by atoms with Gasteiger partial charge in [-0.05, 0) is 30.5 Å². The Labute approximate surface area is 112 Å². The molecule has 0 saturated heterocycles. The van der Waals surface area contributed by atoms with Crippen molar-refractivity contribution in [3.05, 3.63) is 65.5 Å². The van der Waals surface area contributed by atoms with Gasteiger partial charge in [-0.1, -0.05) is 24.3 Å². The molecule has 0 atom stereocenters. The molecule has 1 aliphatic rings. The summed E-state index contributed by atoms with van der Waals surface area (Å²) in [5.41, 5.74) is 8.63. The molecule has 0 unspecified atom stereocenters. The summed E-state index contributed by atoms with van der Waals surface area (Å²) in [6.45, 7) is 0.685. The summed E-state index contributed by atoms with van der Waals surface area (Å²) < 4.78 is 0. The molecule has 1 heterocycles. The fourth-order valence-corrected chi connectivity index (χ4v) is 2.41. The fourth-order valence-electron chi connectivity index (χ4n) is 2.41. The highest BCUT2D eigenvalue weighted by Crippen LogP contribution is 2.47. The average molecular weight is 252 g/mol. The molecule has 1 aliphatic carbocycles. The molecule has 0 amide bonds. The van der Waals surface area contributed by atoms with Gasteiger partial charge in [0.1, 0.15) is 0 Å². The number of rotatable bonds is 4. The maximum absolute atomic E-state index is 12.2. The number of nitrogens with two attached hydrogens (primary N) is 1. The smallest absolute Gasteiger partial charge is 0.193 e. The van der Waals surface area contributed by atoms with Gasteiger partial charge in [-0.2, -0.15) is 0 Å². The summed E-state index contributed by atoms with van der Waals surface area (Å²) in [5.74, 6) is 0.0338. The minimum absolute atomic E-state index is 0.0338. The Morgan fingerprint density at radius 3 is 2.16 bits per heavy atom. The zero-order valence-electron chi connectivity index (χ0n) is 10.7. The van der Waals surface area contributed by atoms with E-state index >= 15 is 0 Å². The number of carbonyl (C=O) groups excluding carboxylic acids is 1. The van der Waals surface area contributed by atoms with Crippen LogP contribution in [-0.4, -0.2) is 17.3 Å². The maximum atomic E-state index is 12.2. The Balaban J connectivity index is 1.85. The quantitative estimate of drug-likeness (QED) is 0.849. The zero-order chi connectivity index (χ0) is 13.3. The number of hydrogen-bond donors (Lipinski definition) is 1. The number of hydrogen-bond acceptors (Lipinski definition) is 3. The van der Waals surface area contributed by atoms with Gasteiger partial charge in [0.2, 0.25) is 0 Å². The van der Waals surface area contributed by atoms with E-state index in [-0.39, 0.29) is 11.2 Å². The van der Waals surface area contributed by atoms with Gasteiger partial charge in [-0.25, -0.2) is 0 Å². The second-order valence-electron chi connectivity index (χ2n) is 5.13. The van der Waals surface area contributed by atoms with Crippen LogP contribution in [0.3, 0.4) is 0 Å². The van der Waals surface area contributed by atoms with Gasteiger partial charge in [0.25, 0.3) is 0 Å². The van der Waals surface area contributed by atoms with Crippen molar-refractivity contribution < 1.29 is 4.79 Å². The molecule has 3 heteroatoms. The Kier molecular flexibility index (Phi) is 2.91. The lowest BCUT2D eigenvalue weighted by Gasteiger charge is -2.13. The third kappa shape index (κ3) is 2.17. The SMILES string of the molecule is NCC1(c2ccc(C(=O)c3ccncc3)cc2)CC1. The summed E-state index contributed by atoms with van der Waals surface area (Å²) in [5, 5.41) is 0. The third-order valence-electron chi connectivity index (χ3n) is 3.95. The first-order valence-corrected chi connectivity index (χ1v) is 6.50. The molecule has 3 rings (SSSR count). The van der Waals surface area contributed by atoms with Crippen molar-refractivity contribution >= 4 is 5.78 Å². The molecule has 1 aromatic heterocycles. The van der Waals surface area contributed by atoms with Gasteiger partial charge in [0, 0.05) is 35.5 Å². The highest BCUT2D eigenvalue weighted by Gasteiger charge is 2.42. The van der Waals surface area contributed by atoms with E-state index in [9.17, 15) is 4.79 Å². The molecule has 1 aromatic carbocycles. The van der Waals surface area contributed by atoms with Crippen LogP contribution >= 0.6 is 0 Å². The topological polar surface area (TPSA) is 56.0 Å². The lowest BCUT2D eigenvalue weighted by molar-refractivity contribution is 0.103. The van der Waals surface area contributed by atoms with Crippen LogP contribution in [0.2, 0.25) is 0 Å². The number of benzene rings is 1. The van der Waals surface area contributed by atoms with Gasteiger partial charge >= 0.3 is 0 Å². The largest absolute Gasteiger partial charge is 0.330 e. The van der Waals surface area contributed by atoms with E-state index in [1.54, 1.807) is 24.5 Å². The van der Waals surface area contributed by atoms with Crippen LogP contribution in [0.5, 0.6) is 0 Å². The lowest BCUT2D eigenvalue weighted by atomic mass is 9.94. The van der Waals surface area contributed by atoms with E-state index in [1.807, 2.05) is 24.3 Å². The van der Waals surface area contributed by atoms with Crippen LogP contribution in [0.1, 0.15) is 34.3 Å². The van der Waals surface area contributed by atoms with Crippen molar-refractivity contribution in [2.45, 2.75) is 18.3 Å². The van der Waals surface area contributed by atoms with Crippen molar-refractivity contribution in [2.24, 2.45) is 5.73 Å². The molecule has 0 bridgehead atoms. The Hall–Kier alpha value is -2.00.